The lowest BCUT2D eigenvalue weighted by molar-refractivity contribution is -0.133. The molecule has 0 saturated carbocycles. The molecule has 0 bridgehead atoms. The number of nitrogens with one attached hydrogen (secondary N) is 1. The topological polar surface area (TPSA) is 32.3 Å². The van der Waals surface area contributed by atoms with Crippen molar-refractivity contribution >= 4 is 0 Å². The van der Waals surface area contributed by atoms with Crippen molar-refractivity contribution in [3.8, 4) is 0 Å². The lowest BCUT2D eigenvalue weighted by Crippen LogP contribution is -2.22. The average Bonchev–Trinajstić information content (AvgIpc) is 2.08. The molecule has 2 N–H and O–H groups in total. The fourth-order valence-electron chi connectivity index (χ4n) is 1.07. The van der Waals surface area contributed by atoms with Crippen LogP contribution >= 0.6 is 0 Å². The Morgan fingerprint density at radius 1 is 0.929 bits per heavy atom. The molecular weight excluding hydrogens is 195 g/mol. The lowest BCUT2D eigenvalue weighted by atomic mass is 10.2. The van der Waals surface area contributed by atoms with Gasteiger partial charge in [-0.2, -0.15) is 13.2 Å². The van der Waals surface area contributed by atoms with E-state index in [1.165, 1.54) is 0 Å². The number of alkyl halides is 3. The largest absolute Gasteiger partial charge is 0.396 e. The third kappa shape index (κ3) is 11.7. The van der Waals surface area contributed by atoms with Crippen molar-refractivity contribution < 1.29 is 18.3 Å². The molecule has 0 aliphatic carbocycles. The van der Waals surface area contributed by atoms with E-state index in [9.17, 15) is 13.2 Å². The van der Waals surface area contributed by atoms with Gasteiger partial charge in [-0.05, 0) is 19.4 Å². The zero-order chi connectivity index (χ0) is 10.9. The Morgan fingerprint density at radius 3 is 2.14 bits per heavy atom. The van der Waals surface area contributed by atoms with Crippen molar-refractivity contribution in [3.63, 3.8) is 0 Å². The SMILES string of the molecule is OCCCCCCNCCC(F)(F)F. The van der Waals surface area contributed by atoms with Gasteiger partial charge in [-0.3, -0.25) is 0 Å². The summed E-state index contributed by atoms with van der Waals surface area (Å²) in [6.45, 7) is 0.826. The van der Waals surface area contributed by atoms with Crippen LogP contribution in [0.15, 0.2) is 0 Å². The van der Waals surface area contributed by atoms with Crippen molar-refractivity contribution in [1.29, 1.82) is 0 Å². The second-order valence-electron chi connectivity index (χ2n) is 3.25. The van der Waals surface area contributed by atoms with E-state index in [1.54, 1.807) is 0 Å². The molecule has 0 heterocycles. The average molecular weight is 213 g/mol. The first-order chi connectivity index (χ1) is 6.56. The highest BCUT2D eigenvalue weighted by atomic mass is 19.4. The predicted octanol–water partition coefficient (Wildman–Crippen LogP) is 2.08. The Kier molecular flexibility index (Phi) is 7.89. The van der Waals surface area contributed by atoms with Gasteiger partial charge in [-0.1, -0.05) is 12.8 Å². The zero-order valence-electron chi connectivity index (χ0n) is 8.24. The number of halogens is 3. The first kappa shape index (κ1) is 13.7. The van der Waals surface area contributed by atoms with Crippen LogP contribution in [-0.4, -0.2) is 31.0 Å². The maximum absolute atomic E-state index is 11.7. The molecule has 0 aliphatic heterocycles. The summed E-state index contributed by atoms with van der Waals surface area (Å²) in [5, 5.41) is 11.2. The van der Waals surface area contributed by atoms with Gasteiger partial charge in [-0.15, -0.1) is 0 Å². The molecule has 0 radical (unpaired) electrons. The molecule has 0 spiro atoms. The Balaban J connectivity index is 2.99. The Bertz CT molecular complexity index is 128. The second kappa shape index (κ2) is 8.05. The van der Waals surface area contributed by atoms with E-state index in [4.69, 9.17) is 5.11 Å². The summed E-state index contributed by atoms with van der Waals surface area (Å²) in [5.41, 5.74) is 0. The van der Waals surface area contributed by atoms with Crippen LogP contribution < -0.4 is 5.32 Å². The summed E-state index contributed by atoms with van der Waals surface area (Å²) < 4.78 is 35.0. The van der Waals surface area contributed by atoms with Gasteiger partial charge in [0.25, 0.3) is 0 Å². The van der Waals surface area contributed by atoms with E-state index in [0.717, 1.165) is 25.7 Å². The summed E-state index contributed by atoms with van der Waals surface area (Å²) in [6, 6.07) is 0. The molecule has 0 fully saturated rings. The maximum Gasteiger partial charge on any atom is 0.390 e. The van der Waals surface area contributed by atoms with Crippen molar-refractivity contribution in [2.45, 2.75) is 38.3 Å². The number of aliphatic hydroxyl groups is 1. The lowest BCUT2D eigenvalue weighted by Gasteiger charge is -2.07. The van der Waals surface area contributed by atoms with E-state index < -0.39 is 12.6 Å². The number of hydrogen-bond acceptors (Lipinski definition) is 2. The maximum atomic E-state index is 11.7. The standard InChI is InChI=1S/C9H18F3NO/c10-9(11,12)5-7-13-6-3-1-2-4-8-14/h13-14H,1-8H2. The third-order valence-corrected chi connectivity index (χ3v) is 1.85. The van der Waals surface area contributed by atoms with Crippen molar-refractivity contribution in [1.82, 2.24) is 5.32 Å². The van der Waals surface area contributed by atoms with Gasteiger partial charge in [0.1, 0.15) is 0 Å². The zero-order valence-corrected chi connectivity index (χ0v) is 8.24. The molecule has 0 atom stereocenters. The van der Waals surface area contributed by atoms with E-state index in [-0.39, 0.29) is 13.2 Å². The van der Waals surface area contributed by atoms with Crippen LogP contribution in [-0.2, 0) is 0 Å². The second-order valence-corrected chi connectivity index (χ2v) is 3.25. The molecule has 14 heavy (non-hydrogen) atoms. The van der Waals surface area contributed by atoms with Gasteiger partial charge < -0.3 is 10.4 Å². The van der Waals surface area contributed by atoms with Gasteiger partial charge in [-0.25, -0.2) is 0 Å². The fourth-order valence-corrected chi connectivity index (χ4v) is 1.07. The highest BCUT2D eigenvalue weighted by Gasteiger charge is 2.25. The van der Waals surface area contributed by atoms with Crippen molar-refractivity contribution in [2.75, 3.05) is 19.7 Å². The van der Waals surface area contributed by atoms with Gasteiger partial charge in [0.2, 0.25) is 0 Å². The summed E-state index contributed by atoms with van der Waals surface area (Å²) in [7, 11) is 0. The molecule has 0 aromatic rings. The highest BCUT2D eigenvalue weighted by molar-refractivity contribution is 4.54. The van der Waals surface area contributed by atoms with Gasteiger partial charge in [0.15, 0.2) is 0 Å². The number of hydrogen-bond donors (Lipinski definition) is 2. The summed E-state index contributed by atoms with van der Waals surface area (Å²) in [6.07, 6.45) is -1.26. The molecule has 0 aromatic carbocycles. The molecule has 0 rings (SSSR count). The van der Waals surface area contributed by atoms with Crippen LogP contribution in [0.1, 0.15) is 32.1 Å². The molecule has 86 valence electrons. The van der Waals surface area contributed by atoms with Crippen LogP contribution in [0, 0.1) is 0 Å². The summed E-state index contributed by atoms with van der Waals surface area (Å²) in [5.74, 6) is 0. The van der Waals surface area contributed by atoms with Gasteiger partial charge in [0.05, 0.1) is 6.42 Å². The van der Waals surface area contributed by atoms with Crippen molar-refractivity contribution in [3.05, 3.63) is 0 Å². The van der Waals surface area contributed by atoms with E-state index in [0.29, 0.717) is 6.54 Å². The molecule has 0 saturated heterocycles. The first-order valence-corrected chi connectivity index (χ1v) is 4.94. The van der Waals surface area contributed by atoms with E-state index in [2.05, 4.69) is 5.32 Å². The monoisotopic (exact) mass is 213 g/mol. The highest BCUT2D eigenvalue weighted by Crippen LogP contribution is 2.18. The molecule has 0 unspecified atom stereocenters. The smallest absolute Gasteiger partial charge is 0.390 e. The minimum Gasteiger partial charge on any atom is -0.396 e. The third-order valence-electron chi connectivity index (χ3n) is 1.85. The van der Waals surface area contributed by atoms with Crippen LogP contribution in [0.3, 0.4) is 0 Å². The van der Waals surface area contributed by atoms with E-state index >= 15 is 0 Å². The first-order valence-electron chi connectivity index (χ1n) is 4.94. The molecule has 5 heteroatoms. The molecule has 0 amide bonds. The Morgan fingerprint density at radius 2 is 1.57 bits per heavy atom. The van der Waals surface area contributed by atoms with Crippen LogP contribution in [0.25, 0.3) is 0 Å². The number of unbranched alkanes of at least 4 members (excludes halogenated alkanes) is 3. The number of aliphatic hydroxyl groups excluding tert-OH is 1. The normalized spacial score (nSPS) is 12.0. The molecule has 0 aliphatic rings. The number of rotatable bonds is 8. The summed E-state index contributed by atoms with van der Waals surface area (Å²) in [4.78, 5) is 0. The van der Waals surface area contributed by atoms with E-state index in [1.807, 2.05) is 0 Å². The Hall–Kier alpha value is -0.290. The van der Waals surface area contributed by atoms with Crippen molar-refractivity contribution in [2.24, 2.45) is 0 Å². The molecular formula is C9H18F3NO. The predicted molar refractivity (Wildman–Crippen MR) is 49.1 cm³/mol. The quantitative estimate of drug-likeness (QED) is 0.605. The molecule has 2 nitrogen and oxygen atoms in total. The van der Waals surface area contributed by atoms with Crippen LogP contribution in [0.5, 0.6) is 0 Å². The van der Waals surface area contributed by atoms with Crippen LogP contribution in [0.4, 0.5) is 13.2 Å². The minimum atomic E-state index is -4.05. The van der Waals surface area contributed by atoms with Gasteiger partial charge >= 0.3 is 6.18 Å². The van der Waals surface area contributed by atoms with Gasteiger partial charge in [0, 0.05) is 13.2 Å². The Labute approximate surface area is 82.5 Å². The summed E-state index contributed by atoms with van der Waals surface area (Å²) >= 11 is 0. The fraction of sp³-hybridized carbons (Fsp3) is 1.00. The van der Waals surface area contributed by atoms with Crippen LogP contribution in [0.2, 0.25) is 0 Å². The molecule has 0 aromatic heterocycles. The minimum absolute atomic E-state index is 0.00347.